The molecule has 7 nitrogen and oxygen atoms in total. The minimum atomic E-state index is 0.205. The summed E-state index contributed by atoms with van der Waals surface area (Å²) in [6.07, 6.45) is 6.15. The fraction of sp³-hybridized carbons (Fsp3) is 0.294. The van der Waals surface area contributed by atoms with Gasteiger partial charge in [-0.15, -0.1) is 5.10 Å². The summed E-state index contributed by atoms with van der Waals surface area (Å²) in [5.74, 6) is 1.29. The van der Waals surface area contributed by atoms with E-state index in [2.05, 4.69) is 19.9 Å². The molecule has 1 aromatic carbocycles. The van der Waals surface area contributed by atoms with Gasteiger partial charge in [0.15, 0.2) is 5.82 Å². The fourth-order valence-electron chi connectivity index (χ4n) is 3.12. The standard InChI is InChI=1S/C17H18N6O/c1-21-10-13(9-16(21)24)11-22-8-7-18-17(22)15-12-23(20-19-15)14-5-3-2-4-6-14/h2-8,12-13H,9-11H2,1H3. The third-order valence-corrected chi connectivity index (χ3v) is 4.33. The van der Waals surface area contributed by atoms with Crippen LogP contribution >= 0.6 is 0 Å². The van der Waals surface area contributed by atoms with E-state index >= 15 is 0 Å². The minimum absolute atomic E-state index is 0.205. The number of para-hydroxylation sites is 1. The van der Waals surface area contributed by atoms with Crippen LogP contribution in [0.5, 0.6) is 0 Å². The van der Waals surface area contributed by atoms with E-state index in [0.717, 1.165) is 30.3 Å². The molecule has 0 N–H and O–H groups in total. The lowest BCUT2D eigenvalue weighted by atomic mass is 10.1. The summed E-state index contributed by atoms with van der Waals surface area (Å²) in [5.41, 5.74) is 1.68. The second kappa shape index (κ2) is 5.92. The predicted octanol–water partition coefficient (Wildman–Crippen LogP) is 1.61. The summed E-state index contributed by atoms with van der Waals surface area (Å²) < 4.78 is 3.79. The summed E-state index contributed by atoms with van der Waals surface area (Å²) in [7, 11) is 1.85. The summed E-state index contributed by atoms with van der Waals surface area (Å²) in [6.45, 7) is 1.54. The molecule has 7 heteroatoms. The molecule has 0 saturated carbocycles. The largest absolute Gasteiger partial charge is 0.345 e. The summed E-state index contributed by atoms with van der Waals surface area (Å²) in [4.78, 5) is 17.9. The number of imidazole rings is 1. The number of benzene rings is 1. The Kier molecular flexibility index (Phi) is 3.60. The van der Waals surface area contributed by atoms with Crippen molar-refractivity contribution in [3.63, 3.8) is 0 Å². The number of hydrogen-bond donors (Lipinski definition) is 0. The van der Waals surface area contributed by atoms with E-state index in [9.17, 15) is 4.79 Å². The average Bonchev–Trinajstić information content (AvgIpc) is 3.30. The Morgan fingerprint density at radius 1 is 1.25 bits per heavy atom. The minimum Gasteiger partial charge on any atom is -0.345 e. The van der Waals surface area contributed by atoms with Crippen molar-refractivity contribution in [2.45, 2.75) is 13.0 Å². The van der Waals surface area contributed by atoms with Gasteiger partial charge in [0.2, 0.25) is 5.91 Å². The molecule has 24 heavy (non-hydrogen) atoms. The second-order valence-corrected chi connectivity index (χ2v) is 6.13. The van der Waals surface area contributed by atoms with Crippen LogP contribution < -0.4 is 0 Å². The number of amides is 1. The van der Waals surface area contributed by atoms with Crippen LogP contribution in [0.3, 0.4) is 0 Å². The van der Waals surface area contributed by atoms with Crippen LogP contribution in [-0.2, 0) is 11.3 Å². The summed E-state index contributed by atoms with van der Waals surface area (Å²) in [5, 5.41) is 8.44. The Labute approximate surface area is 139 Å². The number of rotatable bonds is 4. The molecule has 1 atom stereocenters. The molecule has 1 fully saturated rings. The van der Waals surface area contributed by atoms with E-state index in [1.165, 1.54) is 0 Å². The van der Waals surface area contributed by atoms with Gasteiger partial charge in [-0.2, -0.15) is 0 Å². The predicted molar refractivity (Wildman–Crippen MR) is 88.3 cm³/mol. The van der Waals surface area contributed by atoms with Crippen LogP contribution in [0.4, 0.5) is 0 Å². The molecular formula is C17H18N6O. The lowest BCUT2D eigenvalue weighted by Crippen LogP contribution is -2.20. The van der Waals surface area contributed by atoms with Crippen molar-refractivity contribution < 1.29 is 4.79 Å². The summed E-state index contributed by atoms with van der Waals surface area (Å²) >= 11 is 0. The second-order valence-electron chi connectivity index (χ2n) is 6.13. The van der Waals surface area contributed by atoms with Gasteiger partial charge >= 0.3 is 0 Å². The highest BCUT2D eigenvalue weighted by Gasteiger charge is 2.27. The van der Waals surface area contributed by atoms with Crippen molar-refractivity contribution in [3.05, 3.63) is 48.9 Å². The van der Waals surface area contributed by atoms with Crippen molar-refractivity contribution in [2.24, 2.45) is 5.92 Å². The number of likely N-dealkylation sites (tertiary alicyclic amines) is 1. The number of carbonyl (C=O) groups excluding carboxylic acids is 1. The Bertz CT molecular complexity index is 853. The number of nitrogens with zero attached hydrogens (tertiary/aromatic N) is 6. The first-order chi connectivity index (χ1) is 11.7. The smallest absolute Gasteiger partial charge is 0.222 e. The van der Waals surface area contributed by atoms with E-state index in [0.29, 0.717) is 12.3 Å². The Hall–Kier alpha value is -2.96. The first-order valence-corrected chi connectivity index (χ1v) is 7.94. The molecule has 3 heterocycles. The van der Waals surface area contributed by atoms with Gasteiger partial charge in [0.05, 0.1) is 11.9 Å². The molecule has 1 amide bonds. The number of aromatic nitrogens is 5. The third kappa shape index (κ3) is 2.68. The Morgan fingerprint density at radius 2 is 2.08 bits per heavy atom. The van der Waals surface area contributed by atoms with Crippen molar-refractivity contribution in [2.75, 3.05) is 13.6 Å². The fourth-order valence-corrected chi connectivity index (χ4v) is 3.12. The highest BCUT2D eigenvalue weighted by Crippen LogP contribution is 2.22. The molecule has 4 rings (SSSR count). The van der Waals surface area contributed by atoms with Crippen LogP contribution in [0.25, 0.3) is 17.2 Å². The quantitative estimate of drug-likeness (QED) is 0.732. The van der Waals surface area contributed by atoms with Gasteiger partial charge in [-0.05, 0) is 12.1 Å². The van der Waals surface area contributed by atoms with Gasteiger partial charge in [0.1, 0.15) is 5.69 Å². The molecule has 0 radical (unpaired) electrons. The lowest BCUT2D eigenvalue weighted by Gasteiger charge is -2.12. The van der Waals surface area contributed by atoms with Gasteiger partial charge in [-0.25, -0.2) is 9.67 Å². The highest BCUT2D eigenvalue weighted by atomic mass is 16.2. The molecular weight excluding hydrogens is 304 g/mol. The first-order valence-electron chi connectivity index (χ1n) is 7.94. The average molecular weight is 322 g/mol. The molecule has 0 spiro atoms. The molecule has 2 aromatic heterocycles. The van der Waals surface area contributed by atoms with Crippen molar-refractivity contribution in [1.29, 1.82) is 0 Å². The summed E-state index contributed by atoms with van der Waals surface area (Å²) in [6, 6.07) is 9.85. The van der Waals surface area contributed by atoms with Gasteiger partial charge in [0.25, 0.3) is 0 Å². The zero-order valence-corrected chi connectivity index (χ0v) is 13.4. The zero-order valence-electron chi connectivity index (χ0n) is 13.4. The van der Waals surface area contributed by atoms with Crippen molar-refractivity contribution in [1.82, 2.24) is 29.4 Å². The van der Waals surface area contributed by atoms with Crippen LogP contribution in [0.2, 0.25) is 0 Å². The maximum absolute atomic E-state index is 11.7. The van der Waals surface area contributed by atoms with Gasteiger partial charge in [0, 0.05) is 44.9 Å². The van der Waals surface area contributed by atoms with E-state index < -0.39 is 0 Å². The van der Waals surface area contributed by atoms with Crippen LogP contribution in [-0.4, -0.2) is 48.9 Å². The Balaban J connectivity index is 1.57. The molecule has 1 aliphatic heterocycles. The van der Waals surface area contributed by atoms with E-state index in [1.54, 1.807) is 15.8 Å². The van der Waals surface area contributed by atoms with Gasteiger partial charge < -0.3 is 9.47 Å². The van der Waals surface area contributed by atoms with Crippen molar-refractivity contribution >= 4 is 5.91 Å². The highest BCUT2D eigenvalue weighted by molar-refractivity contribution is 5.78. The monoisotopic (exact) mass is 322 g/mol. The van der Waals surface area contributed by atoms with Crippen LogP contribution in [0.15, 0.2) is 48.9 Å². The molecule has 1 saturated heterocycles. The molecule has 122 valence electrons. The van der Waals surface area contributed by atoms with Gasteiger partial charge in [-0.3, -0.25) is 4.79 Å². The number of hydrogen-bond acceptors (Lipinski definition) is 4. The molecule has 1 unspecified atom stereocenters. The van der Waals surface area contributed by atoms with Crippen LogP contribution in [0, 0.1) is 5.92 Å². The molecule has 0 aliphatic carbocycles. The van der Waals surface area contributed by atoms with Crippen molar-refractivity contribution in [3.8, 4) is 17.2 Å². The zero-order chi connectivity index (χ0) is 16.5. The van der Waals surface area contributed by atoms with E-state index in [1.807, 2.05) is 49.8 Å². The number of carbonyl (C=O) groups is 1. The molecule has 1 aliphatic rings. The normalized spacial score (nSPS) is 17.6. The molecule has 3 aromatic rings. The van der Waals surface area contributed by atoms with E-state index in [-0.39, 0.29) is 5.91 Å². The van der Waals surface area contributed by atoms with Gasteiger partial charge in [-0.1, -0.05) is 23.4 Å². The lowest BCUT2D eigenvalue weighted by molar-refractivity contribution is -0.126. The maximum atomic E-state index is 11.7. The molecule has 0 bridgehead atoms. The maximum Gasteiger partial charge on any atom is 0.222 e. The first kappa shape index (κ1) is 14.6. The third-order valence-electron chi connectivity index (χ3n) is 4.33. The Morgan fingerprint density at radius 3 is 2.83 bits per heavy atom. The van der Waals surface area contributed by atoms with E-state index in [4.69, 9.17) is 0 Å². The topological polar surface area (TPSA) is 68.8 Å². The SMILES string of the molecule is CN1CC(Cn2ccnc2-c2cn(-c3ccccc3)nn2)CC1=O. The van der Waals surface area contributed by atoms with Crippen LogP contribution in [0.1, 0.15) is 6.42 Å².